The van der Waals surface area contributed by atoms with Crippen molar-refractivity contribution in [2.75, 3.05) is 44.2 Å². The lowest BCUT2D eigenvalue weighted by Gasteiger charge is -2.36. The van der Waals surface area contributed by atoms with Crippen LogP contribution in [0.4, 0.5) is 5.69 Å². The summed E-state index contributed by atoms with van der Waals surface area (Å²) in [5, 5.41) is 2.89. The second-order valence-corrected chi connectivity index (χ2v) is 6.31. The third-order valence-electron chi connectivity index (χ3n) is 4.00. The predicted octanol–water partition coefficient (Wildman–Crippen LogP) is 2.59. The van der Waals surface area contributed by atoms with Crippen molar-refractivity contribution in [2.24, 2.45) is 0 Å². The van der Waals surface area contributed by atoms with Crippen molar-refractivity contribution in [3.63, 3.8) is 0 Å². The molecule has 0 aliphatic carbocycles. The van der Waals surface area contributed by atoms with E-state index < -0.39 is 0 Å². The van der Waals surface area contributed by atoms with Gasteiger partial charge in [0.05, 0.1) is 0 Å². The van der Waals surface area contributed by atoms with Gasteiger partial charge < -0.3 is 14.6 Å². The first-order chi connectivity index (χ1) is 11.2. The largest absolute Gasteiger partial charge is 0.444 e. The average Bonchev–Trinajstić information content (AvgIpc) is 3.03. The fraction of sp³-hybridized carbons (Fsp3) is 0.353. The average molecular weight is 378 g/mol. The van der Waals surface area contributed by atoms with Crippen molar-refractivity contribution in [1.29, 1.82) is 0 Å². The number of nitrogens with one attached hydrogen (secondary N) is 1. The summed E-state index contributed by atoms with van der Waals surface area (Å²) in [4.78, 5) is 16.7. The number of furan rings is 1. The van der Waals surface area contributed by atoms with Crippen LogP contribution in [0.3, 0.4) is 0 Å². The SMILES string of the molecule is O=C(NCCN1CCN(c2ccccc2)CC1)c1ccc(Br)o1. The van der Waals surface area contributed by atoms with Gasteiger partial charge in [-0.2, -0.15) is 0 Å². The minimum atomic E-state index is -0.168. The van der Waals surface area contributed by atoms with Crippen molar-refractivity contribution in [1.82, 2.24) is 10.2 Å². The summed E-state index contributed by atoms with van der Waals surface area (Å²) in [7, 11) is 0. The molecule has 1 aromatic heterocycles. The lowest BCUT2D eigenvalue weighted by atomic mass is 10.2. The van der Waals surface area contributed by atoms with Crippen LogP contribution in [-0.4, -0.2) is 50.1 Å². The number of rotatable bonds is 5. The highest BCUT2D eigenvalue weighted by Gasteiger charge is 2.17. The van der Waals surface area contributed by atoms with E-state index in [-0.39, 0.29) is 5.91 Å². The highest BCUT2D eigenvalue weighted by atomic mass is 79.9. The fourth-order valence-electron chi connectivity index (χ4n) is 2.72. The van der Waals surface area contributed by atoms with Gasteiger partial charge in [0, 0.05) is 45.0 Å². The molecule has 2 heterocycles. The molecule has 0 unspecified atom stereocenters. The van der Waals surface area contributed by atoms with Gasteiger partial charge in [0.1, 0.15) is 0 Å². The van der Waals surface area contributed by atoms with Crippen molar-refractivity contribution in [3.05, 3.63) is 52.9 Å². The Morgan fingerprint density at radius 3 is 2.48 bits per heavy atom. The Hall–Kier alpha value is -1.79. The fourth-order valence-corrected chi connectivity index (χ4v) is 3.03. The molecule has 0 radical (unpaired) electrons. The number of benzene rings is 1. The number of hydrogen-bond donors (Lipinski definition) is 1. The minimum Gasteiger partial charge on any atom is -0.444 e. The molecule has 1 aromatic carbocycles. The molecule has 0 saturated carbocycles. The van der Waals surface area contributed by atoms with Crippen LogP contribution in [0.5, 0.6) is 0 Å². The Labute approximate surface area is 144 Å². The molecular formula is C17H20BrN3O2. The van der Waals surface area contributed by atoms with Crippen LogP contribution in [-0.2, 0) is 0 Å². The smallest absolute Gasteiger partial charge is 0.287 e. The number of hydrogen-bond acceptors (Lipinski definition) is 4. The van der Waals surface area contributed by atoms with Gasteiger partial charge in [-0.05, 0) is 40.2 Å². The maximum Gasteiger partial charge on any atom is 0.287 e. The molecule has 1 fully saturated rings. The van der Waals surface area contributed by atoms with E-state index in [9.17, 15) is 4.79 Å². The van der Waals surface area contributed by atoms with Gasteiger partial charge in [-0.1, -0.05) is 18.2 Å². The van der Waals surface area contributed by atoms with Gasteiger partial charge in [0.2, 0.25) is 0 Å². The van der Waals surface area contributed by atoms with Gasteiger partial charge >= 0.3 is 0 Å². The van der Waals surface area contributed by atoms with Crippen molar-refractivity contribution in [2.45, 2.75) is 0 Å². The van der Waals surface area contributed by atoms with E-state index in [2.05, 4.69) is 55.3 Å². The van der Waals surface area contributed by atoms with E-state index in [0.29, 0.717) is 17.0 Å². The number of piperazine rings is 1. The standard InChI is InChI=1S/C17H20BrN3O2/c18-16-7-6-15(23-16)17(22)19-8-9-20-10-12-21(13-11-20)14-4-2-1-3-5-14/h1-7H,8-13H2,(H,19,22). The van der Waals surface area contributed by atoms with Gasteiger partial charge in [0.15, 0.2) is 10.4 Å². The van der Waals surface area contributed by atoms with Crippen LogP contribution in [0, 0.1) is 0 Å². The Morgan fingerprint density at radius 2 is 1.83 bits per heavy atom. The molecule has 0 spiro atoms. The number of carbonyl (C=O) groups excluding carboxylic acids is 1. The number of nitrogens with zero attached hydrogens (tertiary/aromatic N) is 2. The van der Waals surface area contributed by atoms with Crippen LogP contribution >= 0.6 is 15.9 Å². The summed E-state index contributed by atoms with van der Waals surface area (Å²) in [5.74, 6) is 0.171. The van der Waals surface area contributed by atoms with Crippen LogP contribution < -0.4 is 10.2 Å². The molecule has 2 aromatic rings. The first kappa shape index (κ1) is 16.1. The molecule has 23 heavy (non-hydrogen) atoms. The Kier molecular flexibility index (Phi) is 5.35. The summed E-state index contributed by atoms with van der Waals surface area (Å²) < 4.78 is 5.80. The second kappa shape index (κ2) is 7.66. The Bertz CT molecular complexity index is 636. The zero-order valence-corrected chi connectivity index (χ0v) is 14.5. The molecular weight excluding hydrogens is 358 g/mol. The number of para-hydroxylation sites is 1. The van der Waals surface area contributed by atoms with Crippen LogP contribution in [0.2, 0.25) is 0 Å². The van der Waals surface area contributed by atoms with E-state index in [1.807, 2.05) is 6.07 Å². The summed E-state index contributed by atoms with van der Waals surface area (Å²) in [6.45, 7) is 5.54. The third-order valence-corrected chi connectivity index (χ3v) is 4.43. The number of carbonyl (C=O) groups is 1. The number of anilines is 1. The predicted molar refractivity (Wildman–Crippen MR) is 93.8 cm³/mol. The first-order valence-corrected chi connectivity index (χ1v) is 8.57. The second-order valence-electron chi connectivity index (χ2n) is 5.52. The highest BCUT2D eigenvalue weighted by molar-refractivity contribution is 9.10. The molecule has 3 rings (SSSR count). The normalized spacial score (nSPS) is 15.6. The zero-order chi connectivity index (χ0) is 16.1. The summed E-state index contributed by atoms with van der Waals surface area (Å²) in [6, 6.07) is 13.9. The van der Waals surface area contributed by atoms with Crippen LogP contribution in [0.25, 0.3) is 0 Å². The number of amides is 1. The molecule has 1 N–H and O–H groups in total. The van der Waals surface area contributed by atoms with E-state index in [4.69, 9.17) is 4.42 Å². The van der Waals surface area contributed by atoms with E-state index in [1.54, 1.807) is 12.1 Å². The number of halogens is 1. The van der Waals surface area contributed by atoms with Gasteiger partial charge in [0.25, 0.3) is 5.91 Å². The van der Waals surface area contributed by atoms with E-state index in [0.717, 1.165) is 32.7 Å². The maximum atomic E-state index is 11.9. The molecule has 1 saturated heterocycles. The summed E-state index contributed by atoms with van der Waals surface area (Å²) in [6.07, 6.45) is 0. The Balaban J connectivity index is 1.39. The van der Waals surface area contributed by atoms with Crippen molar-refractivity contribution in [3.8, 4) is 0 Å². The van der Waals surface area contributed by atoms with E-state index in [1.165, 1.54) is 5.69 Å². The lowest BCUT2D eigenvalue weighted by Crippen LogP contribution is -2.48. The molecule has 1 aliphatic rings. The van der Waals surface area contributed by atoms with Crippen molar-refractivity contribution >= 4 is 27.5 Å². The van der Waals surface area contributed by atoms with Gasteiger partial charge in [-0.25, -0.2) is 0 Å². The molecule has 0 atom stereocenters. The quantitative estimate of drug-likeness (QED) is 0.869. The topological polar surface area (TPSA) is 48.7 Å². The minimum absolute atomic E-state index is 0.168. The molecule has 5 nitrogen and oxygen atoms in total. The Morgan fingerprint density at radius 1 is 1.09 bits per heavy atom. The highest BCUT2D eigenvalue weighted by Crippen LogP contribution is 2.15. The van der Waals surface area contributed by atoms with Gasteiger partial charge in [-0.15, -0.1) is 0 Å². The maximum absolute atomic E-state index is 11.9. The molecule has 0 bridgehead atoms. The molecule has 6 heteroatoms. The van der Waals surface area contributed by atoms with Crippen LogP contribution in [0.15, 0.2) is 51.6 Å². The van der Waals surface area contributed by atoms with Crippen LogP contribution in [0.1, 0.15) is 10.6 Å². The molecule has 122 valence electrons. The lowest BCUT2D eigenvalue weighted by molar-refractivity contribution is 0.0919. The zero-order valence-electron chi connectivity index (χ0n) is 12.9. The molecule has 1 aliphatic heterocycles. The van der Waals surface area contributed by atoms with E-state index >= 15 is 0 Å². The first-order valence-electron chi connectivity index (χ1n) is 7.78. The third kappa shape index (κ3) is 4.36. The van der Waals surface area contributed by atoms with Gasteiger partial charge in [-0.3, -0.25) is 9.69 Å². The van der Waals surface area contributed by atoms with Crippen molar-refractivity contribution < 1.29 is 9.21 Å². The summed E-state index contributed by atoms with van der Waals surface area (Å²) >= 11 is 3.20. The monoisotopic (exact) mass is 377 g/mol. The summed E-state index contributed by atoms with van der Waals surface area (Å²) in [5.41, 5.74) is 1.28. The molecule has 1 amide bonds.